The Kier molecular flexibility index (Phi) is 9.98. The zero-order chi connectivity index (χ0) is 31.3. The molecule has 2 heterocycles. The maximum absolute atomic E-state index is 12.3. The molecule has 0 aliphatic carbocycles. The molecule has 1 unspecified atom stereocenters. The van der Waals surface area contributed by atoms with E-state index < -0.39 is 59.4 Å². The van der Waals surface area contributed by atoms with Crippen molar-refractivity contribution in [1.29, 1.82) is 0 Å². The lowest BCUT2D eigenvalue weighted by molar-refractivity contribution is -0.384. The molecule has 0 saturated carbocycles. The van der Waals surface area contributed by atoms with Gasteiger partial charge in [0.15, 0.2) is 29.7 Å². The molecule has 1 saturated heterocycles. The van der Waals surface area contributed by atoms with Gasteiger partial charge in [0.25, 0.3) is 5.69 Å². The molecule has 0 bridgehead atoms. The topological polar surface area (TPSA) is 175 Å². The molecule has 1 aromatic heterocycles. The summed E-state index contributed by atoms with van der Waals surface area (Å²) in [6, 6.07) is 13.2. The lowest BCUT2D eigenvalue weighted by Crippen LogP contribution is -2.60. The first-order chi connectivity index (χ1) is 20.4. The third-order valence-electron chi connectivity index (χ3n) is 6.30. The number of fused-ring (bicyclic) bond motifs is 1. The van der Waals surface area contributed by atoms with Crippen molar-refractivity contribution in [1.82, 2.24) is 9.55 Å². The van der Waals surface area contributed by atoms with Gasteiger partial charge in [-0.2, -0.15) is 0 Å². The van der Waals surface area contributed by atoms with Crippen LogP contribution in [-0.2, 0) is 48.6 Å². The second kappa shape index (κ2) is 13.6. The Balaban J connectivity index is 1.81. The van der Waals surface area contributed by atoms with Crippen LogP contribution in [0.15, 0.2) is 53.7 Å². The molecule has 1 fully saturated rings. The number of ether oxygens (including phenoxy) is 5. The molecule has 4 rings (SSSR count). The number of carbonyl (C=O) groups excluding carboxylic acids is 4. The van der Waals surface area contributed by atoms with Gasteiger partial charge in [-0.15, -0.1) is 0 Å². The van der Waals surface area contributed by atoms with Crippen LogP contribution in [0.25, 0.3) is 11.0 Å². The number of nitro groups is 1. The second-order valence-electron chi connectivity index (χ2n) is 9.56. The summed E-state index contributed by atoms with van der Waals surface area (Å²) in [5, 5.41) is 11.5. The van der Waals surface area contributed by atoms with Crippen LogP contribution in [0.4, 0.5) is 5.69 Å². The van der Waals surface area contributed by atoms with E-state index in [0.29, 0.717) is 21.9 Å². The smallest absolute Gasteiger partial charge is 0.303 e. The molecule has 14 nitrogen and oxygen atoms in total. The van der Waals surface area contributed by atoms with Crippen molar-refractivity contribution in [2.75, 3.05) is 6.61 Å². The van der Waals surface area contributed by atoms with E-state index in [0.717, 1.165) is 19.4 Å². The van der Waals surface area contributed by atoms with Gasteiger partial charge >= 0.3 is 23.9 Å². The van der Waals surface area contributed by atoms with Gasteiger partial charge in [0.2, 0.25) is 0 Å². The first kappa shape index (κ1) is 31.4. The molecule has 0 amide bonds. The maximum atomic E-state index is 12.3. The highest BCUT2D eigenvalue weighted by Gasteiger charge is 2.53. The zero-order valence-corrected chi connectivity index (χ0v) is 24.5. The number of carbonyl (C=O) groups is 4. The summed E-state index contributed by atoms with van der Waals surface area (Å²) >= 11 is 1.28. The van der Waals surface area contributed by atoms with Crippen LogP contribution in [-0.4, -0.2) is 69.4 Å². The standard InChI is InChI=1S/C28H29N3O11S/c1-15(32)38-13-23-24(39-16(2)33)25(40-17(3)34)26(41-18(4)35)27(42-23)30-22-8-6-5-7-21(22)29-28(30)43-14-19-9-11-20(12-10-19)31(36)37/h5-12,23-27H,13-14H2,1-4H3/t23-,24-,25+,26-,27?/m1/s1. The van der Waals surface area contributed by atoms with Gasteiger partial charge in [0.05, 0.1) is 16.0 Å². The minimum absolute atomic E-state index is 0.0431. The molecule has 5 atom stereocenters. The number of thioether (sulfide) groups is 1. The van der Waals surface area contributed by atoms with Crippen LogP contribution >= 0.6 is 11.8 Å². The third-order valence-corrected chi connectivity index (χ3v) is 7.32. The lowest BCUT2D eigenvalue weighted by atomic mass is 9.97. The molecular formula is C28H29N3O11S. The molecule has 43 heavy (non-hydrogen) atoms. The van der Waals surface area contributed by atoms with Gasteiger partial charge < -0.3 is 23.7 Å². The predicted octanol–water partition coefficient (Wildman–Crippen LogP) is 3.49. The average Bonchev–Trinajstić information content (AvgIpc) is 3.30. The molecule has 3 aromatic rings. The molecule has 0 radical (unpaired) electrons. The van der Waals surface area contributed by atoms with Crippen molar-refractivity contribution in [2.45, 2.75) is 69.2 Å². The Morgan fingerprint density at radius 2 is 1.49 bits per heavy atom. The Morgan fingerprint density at radius 3 is 2.09 bits per heavy atom. The van der Waals surface area contributed by atoms with Gasteiger partial charge in [0, 0.05) is 45.6 Å². The highest BCUT2D eigenvalue weighted by atomic mass is 32.2. The highest BCUT2D eigenvalue weighted by molar-refractivity contribution is 7.98. The van der Waals surface area contributed by atoms with Crippen LogP contribution in [0.2, 0.25) is 0 Å². The van der Waals surface area contributed by atoms with E-state index in [2.05, 4.69) is 0 Å². The Morgan fingerprint density at radius 1 is 0.884 bits per heavy atom. The van der Waals surface area contributed by atoms with Crippen LogP contribution in [0.1, 0.15) is 39.5 Å². The monoisotopic (exact) mass is 615 g/mol. The first-order valence-corrected chi connectivity index (χ1v) is 14.1. The number of non-ortho nitro benzene ring substituents is 1. The normalized spacial score (nSPS) is 21.5. The van der Waals surface area contributed by atoms with Crippen molar-refractivity contribution in [3.63, 3.8) is 0 Å². The number of rotatable bonds is 10. The van der Waals surface area contributed by atoms with Crippen molar-refractivity contribution in [2.24, 2.45) is 0 Å². The highest BCUT2D eigenvalue weighted by Crippen LogP contribution is 2.39. The summed E-state index contributed by atoms with van der Waals surface area (Å²) in [7, 11) is 0. The first-order valence-electron chi connectivity index (χ1n) is 13.1. The average molecular weight is 616 g/mol. The summed E-state index contributed by atoms with van der Waals surface area (Å²) in [4.78, 5) is 63.7. The number of aromatic nitrogens is 2. The fourth-order valence-electron chi connectivity index (χ4n) is 4.65. The number of nitro benzene ring substituents is 1. The summed E-state index contributed by atoms with van der Waals surface area (Å²) in [6.45, 7) is 4.30. The fraction of sp³-hybridized carbons (Fsp3) is 0.393. The molecule has 0 spiro atoms. The number of benzene rings is 2. The lowest BCUT2D eigenvalue weighted by Gasteiger charge is -2.45. The third kappa shape index (κ3) is 7.67. The van der Waals surface area contributed by atoms with Crippen LogP contribution in [0, 0.1) is 10.1 Å². The van der Waals surface area contributed by atoms with Crippen molar-refractivity contribution < 1.29 is 47.8 Å². The largest absolute Gasteiger partial charge is 0.463 e. The summed E-state index contributed by atoms with van der Waals surface area (Å²) in [6.07, 6.45) is -6.30. The molecular weight excluding hydrogens is 586 g/mol. The number of hydrogen-bond donors (Lipinski definition) is 0. The van der Waals surface area contributed by atoms with Gasteiger partial charge in [-0.05, 0) is 17.7 Å². The summed E-state index contributed by atoms with van der Waals surface area (Å²) in [5.41, 5.74) is 1.88. The van der Waals surface area contributed by atoms with E-state index in [-0.39, 0.29) is 12.3 Å². The van der Waals surface area contributed by atoms with E-state index in [1.54, 1.807) is 41.0 Å². The minimum atomic E-state index is -1.35. The summed E-state index contributed by atoms with van der Waals surface area (Å²) in [5.74, 6) is -2.46. The molecule has 1 aliphatic rings. The van der Waals surface area contributed by atoms with Gasteiger partial charge in [-0.1, -0.05) is 36.0 Å². The predicted molar refractivity (Wildman–Crippen MR) is 150 cm³/mol. The number of para-hydroxylation sites is 2. The number of imidazole rings is 1. The summed E-state index contributed by atoms with van der Waals surface area (Å²) < 4.78 is 30.0. The molecule has 2 aromatic carbocycles. The Hall–Kier alpha value is -4.50. The van der Waals surface area contributed by atoms with Crippen molar-refractivity contribution in [3.05, 3.63) is 64.2 Å². The second-order valence-corrected chi connectivity index (χ2v) is 10.5. The van der Waals surface area contributed by atoms with Crippen molar-refractivity contribution >= 4 is 52.4 Å². The van der Waals surface area contributed by atoms with Gasteiger partial charge in [-0.25, -0.2) is 4.98 Å². The number of nitrogens with zero attached hydrogens (tertiary/aromatic N) is 3. The molecule has 1 aliphatic heterocycles. The Bertz CT molecular complexity index is 1520. The van der Waals surface area contributed by atoms with Crippen LogP contribution in [0.5, 0.6) is 0 Å². The van der Waals surface area contributed by atoms with Gasteiger partial charge in [-0.3, -0.25) is 33.9 Å². The van der Waals surface area contributed by atoms with Gasteiger partial charge in [0.1, 0.15) is 12.7 Å². The maximum Gasteiger partial charge on any atom is 0.303 e. The fourth-order valence-corrected chi connectivity index (χ4v) is 5.64. The van der Waals surface area contributed by atoms with E-state index in [1.165, 1.54) is 37.7 Å². The quantitative estimate of drug-likeness (QED) is 0.107. The van der Waals surface area contributed by atoms with Crippen LogP contribution < -0.4 is 0 Å². The molecule has 228 valence electrons. The van der Waals surface area contributed by atoms with Crippen LogP contribution in [0.3, 0.4) is 0 Å². The molecule has 15 heteroatoms. The zero-order valence-electron chi connectivity index (χ0n) is 23.7. The van der Waals surface area contributed by atoms with E-state index in [9.17, 15) is 29.3 Å². The SMILES string of the molecule is CC(=O)OC[C@H]1OC(n2c(SCc3ccc([N+](=O)[O-])cc3)nc3ccccc32)[C@H](OC(C)=O)[C@@H](OC(C)=O)[C@@H]1OC(C)=O. The Labute approximate surface area is 249 Å². The van der Waals surface area contributed by atoms with E-state index in [4.69, 9.17) is 28.7 Å². The van der Waals surface area contributed by atoms with E-state index in [1.807, 2.05) is 0 Å². The number of hydrogen-bond acceptors (Lipinski definition) is 13. The number of esters is 4. The van der Waals surface area contributed by atoms with Crippen molar-refractivity contribution in [3.8, 4) is 0 Å². The van der Waals surface area contributed by atoms with E-state index >= 15 is 0 Å². The minimum Gasteiger partial charge on any atom is -0.463 e. The molecule has 0 N–H and O–H groups in total.